The molecule has 1 aliphatic heterocycles. The Labute approximate surface area is 144 Å². The quantitative estimate of drug-likeness (QED) is 0.925. The van der Waals surface area contributed by atoms with E-state index >= 15 is 0 Å². The molecule has 3 rings (SSSR count). The van der Waals surface area contributed by atoms with Crippen molar-refractivity contribution in [2.24, 2.45) is 0 Å². The molecule has 2 aromatic heterocycles. The highest BCUT2D eigenvalue weighted by atomic mass is 32.1. The van der Waals surface area contributed by atoms with Crippen LogP contribution in [0.25, 0.3) is 0 Å². The fourth-order valence-electron chi connectivity index (χ4n) is 2.69. The van der Waals surface area contributed by atoms with Crippen LogP contribution in [0.2, 0.25) is 0 Å². The van der Waals surface area contributed by atoms with E-state index in [-0.39, 0.29) is 23.1 Å². The average Bonchev–Trinajstić information content (AvgIpc) is 3.16. The van der Waals surface area contributed by atoms with Gasteiger partial charge in [-0.1, -0.05) is 0 Å². The Balaban J connectivity index is 1.78. The van der Waals surface area contributed by atoms with Crippen LogP contribution in [-0.2, 0) is 4.74 Å². The molecule has 1 N–H and O–H groups in total. The van der Waals surface area contributed by atoms with Gasteiger partial charge in [-0.05, 0) is 44.5 Å². The Morgan fingerprint density at radius 3 is 2.83 bits per heavy atom. The van der Waals surface area contributed by atoms with E-state index in [1.165, 1.54) is 17.6 Å². The van der Waals surface area contributed by atoms with Crippen LogP contribution in [0.3, 0.4) is 0 Å². The van der Waals surface area contributed by atoms with Gasteiger partial charge >= 0.3 is 0 Å². The Morgan fingerprint density at radius 1 is 1.38 bits per heavy atom. The zero-order valence-corrected chi connectivity index (χ0v) is 14.7. The monoisotopic (exact) mass is 348 g/mol. The van der Waals surface area contributed by atoms with Gasteiger partial charge in [0.1, 0.15) is 0 Å². The zero-order valence-electron chi connectivity index (χ0n) is 13.9. The van der Waals surface area contributed by atoms with Gasteiger partial charge in [0.2, 0.25) is 0 Å². The zero-order chi connectivity index (χ0) is 17.3. The number of thiophene rings is 1. The summed E-state index contributed by atoms with van der Waals surface area (Å²) in [7, 11) is 0. The van der Waals surface area contributed by atoms with E-state index in [2.05, 4.69) is 5.32 Å². The van der Waals surface area contributed by atoms with Crippen LogP contribution in [-0.4, -0.2) is 42.0 Å². The summed E-state index contributed by atoms with van der Waals surface area (Å²) in [5, 5.41) is 3.40. The second kappa shape index (κ2) is 6.41. The Hall–Kier alpha value is -2.12. The molecule has 2 amide bonds. The normalized spacial score (nSPS) is 16.9. The number of ether oxygens (including phenoxy) is 1. The van der Waals surface area contributed by atoms with Gasteiger partial charge in [0, 0.05) is 6.54 Å². The van der Waals surface area contributed by atoms with Gasteiger partial charge in [-0.15, -0.1) is 11.3 Å². The van der Waals surface area contributed by atoms with Crippen molar-refractivity contribution in [2.75, 3.05) is 25.1 Å². The highest BCUT2D eigenvalue weighted by molar-refractivity contribution is 7.18. The summed E-state index contributed by atoms with van der Waals surface area (Å²) in [4.78, 5) is 27.5. The van der Waals surface area contributed by atoms with E-state index in [1.54, 1.807) is 12.1 Å². The minimum absolute atomic E-state index is 0.0238. The van der Waals surface area contributed by atoms with Crippen molar-refractivity contribution >= 4 is 28.2 Å². The fourth-order valence-corrected chi connectivity index (χ4v) is 3.71. The predicted molar refractivity (Wildman–Crippen MR) is 91.7 cm³/mol. The highest BCUT2D eigenvalue weighted by Crippen LogP contribution is 2.31. The van der Waals surface area contributed by atoms with Crippen molar-refractivity contribution in [3.63, 3.8) is 0 Å². The summed E-state index contributed by atoms with van der Waals surface area (Å²) in [6, 6.07) is 5.06. The van der Waals surface area contributed by atoms with Gasteiger partial charge in [0.05, 0.1) is 34.9 Å². The number of nitrogens with zero attached hydrogens (tertiary/aromatic N) is 1. The van der Waals surface area contributed by atoms with Crippen molar-refractivity contribution in [1.82, 2.24) is 4.90 Å². The first-order chi connectivity index (χ1) is 11.4. The number of rotatable bonds is 3. The number of anilines is 1. The topological polar surface area (TPSA) is 71.8 Å². The average molecular weight is 348 g/mol. The van der Waals surface area contributed by atoms with Crippen LogP contribution in [0.15, 0.2) is 28.9 Å². The van der Waals surface area contributed by atoms with Crippen molar-refractivity contribution in [3.8, 4) is 0 Å². The number of hydrogen-bond acceptors (Lipinski definition) is 5. The van der Waals surface area contributed by atoms with Crippen molar-refractivity contribution in [1.29, 1.82) is 0 Å². The van der Waals surface area contributed by atoms with Crippen molar-refractivity contribution in [3.05, 3.63) is 40.7 Å². The molecule has 24 heavy (non-hydrogen) atoms. The molecular formula is C17H20N2O4S. The maximum Gasteiger partial charge on any atom is 0.291 e. The molecule has 2 aromatic rings. The lowest BCUT2D eigenvalue weighted by molar-refractivity contribution is -0.0368. The van der Waals surface area contributed by atoms with Crippen molar-refractivity contribution < 1.29 is 18.7 Å². The fraction of sp³-hybridized carbons (Fsp3) is 0.412. The Morgan fingerprint density at radius 2 is 2.17 bits per heavy atom. The van der Waals surface area contributed by atoms with Gasteiger partial charge in [-0.2, -0.15) is 0 Å². The summed E-state index contributed by atoms with van der Waals surface area (Å²) in [5.41, 5.74) is 0.505. The minimum Gasteiger partial charge on any atom is -0.459 e. The first kappa shape index (κ1) is 16.7. The molecule has 128 valence electrons. The van der Waals surface area contributed by atoms with Gasteiger partial charge in [-0.25, -0.2) is 0 Å². The summed E-state index contributed by atoms with van der Waals surface area (Å²) in [5.74, 6) is -0.112. The molecule has 3 heterocycles. The van der Waals surface area contributed by atoms with E-state index in [0.29, 0.717) is 29.6 Å². The maximum atomic E-state index is 12.9. The summed E-state index contributed by atoms with van der Waals surface area (Å²) in [6.45, 7) is 7.49. The van der Waals surface area contributed by atoms with Crippen LogP contribution < -0.4 is 5.32 Å². The van der Waals surface area contributed by atoms with E-state index in [9.17, 15) is 9.59 Å². The smallest absolute Gasteiger partial charge is 0.291 e. The van der Waals surface area contributed by atoms with Gasteiger partial charge < -0.3 is 19.4 Å². The second-order valence-corrected chi connectivity index (χ2v) is 7.43. The molecule has 0 saturated carbocycles. The Bertz CT molecular complexity index is 749. The largest absolute Gasteiger partial charge is 0.459 e. The molecule has 0 atom stereocenters. The highest BCUT2D eigenvalue weighted by Gasteiger charge is 2.35. The Kier molecular flexibility index (Phi) is 4.47. The molecule has 0 aliphatic carbocycles. The number of carbonyl (C=O) groups excluding carboxylic acids is 2. The second-order valence-electron chi connectivity index (χ2n) is 6.38. The molecule has 1 aliphatic rings. The van der Waals surface area contributed by atoms with Crippen molar-refractivity contribution in [2.45, 2.75) is 26.3 Å². The lowest BCUT2D eigenvalue weighted by Crippen LogP contribution is -2.55. The number of amides is 2. The molecule has 0 aromatic carbocycles. The third-order valence-corrected chi connectivity index (χ3v) is 5.12. The number of carbonyl (C=O) groups is 2. The number of furan rings is 1. The first-order valence-electron chi connectivity index (χ1n) is 7.73. The molecule has 1 fully saturated rings. The third kappa shape index (κ3) is 3.22. The van der Waals surface area contributed by atoms with Crippen LogP contribution in [0.5, 0.6) is 0 Å². The molecule has 0 unspecified atom stereocenters. The molecule has 0 bridgehead atoms. The van der Waals surface area contributed by atoms with Crippen LogP contribution >= 0.6 is 11.3 Å². The predicted octanol–water partition coefficient (Wildman–Crippen LogP) is 3.15. The molecule has 7 heteroatoms. The molecular weight excluding hydrogens is 328 g/mol. The lowest BCUT2D eigenvalue weighted by atomic mass is 10.0. The molecule has 0 spiro atoms. The molecule has 1 saturated heterocycles. The number of nitrogens with one attached hydrogen (secondary N) is 1. The van der Waals surface area contributed by atoms with Gasteiger partial charge in [0.15, 0.2) is 5.76 Å². The van der Waals surface area contributed by atoms with E-state index in [4.69, 9.17) is 9.15 Å². The molecule has 6 nitrogen and oxygen atoms in total. The standard InChI is InChI=1S/C17H20N2O4S/c1-11-9-13(18-15(20)12-5-4-7-23-12)24-14(11)16(21)19-6-8-22-10-17(19,2)3/h4-5,7,9H,6,8,10H2,1-3H3,(H,18,20). The summed E-state index contributed by atoms with van der Waals surface area (Å²) < 4.78 is 10.6. The van der Waals surface area contributed by atoms with E-state index in [0.717, 1.165) is 5.56 Å². The van der Waals surface area contributed by atoms with Crippen LogP contribution in [0, 0.1) is 6.92 Å². The summed E-state index contributed by atoms with van der Waals surface area (Å²) >= 11 is 1.28. The number of aryl methyl sites for hydroxylation is 1. The maximum absolute atomic E-state index is 12.9. The SMILES string of the molecule is Cc1cc(NC(=O)c2ccco2)sc1C(=O)N1CCOCC1(C)C. The van der Waals surface area contributed by atoms with E-state index in [1.807, 2.05) is 31.7 Å². The third-order valence-electron chi connectivity index (χ3n) is 3.98. The lowest BCUT2D eigenvalue weighted by Gasteiger charge is -2.42. The minimum atomic E-state index is -0.344. The number of hydrogen-bond donors (Lipinski definition) is 1. The molecule has 0 radical (unpaired) electrons. The van der Waals surface area contributed by atoms with Crippen LogP contribution in [0.4, 0.5) is 5.00 Å². The summed E-state index contributed by atoms with van der Waals surface area (Å²) in [6.07, 6.45) is 1.45. The van der Waals surface area contributed by atoms with E-state index < -0.39 is 0 Å². The van der Waals surface area contributed by atoms with Gasteiger partial charge in [-0.3, -0.25) is 9.59 Å². The first-order valence-corrected chi connectivity index (χ1v) is 8.55. The number of morpholine rings is 1. The van der Waals surface area contributed by atoms with Gasteiger partial charge in [0.25, 0.3) is 11.8 Å². The van der Waals surface area contributed by atoms with Crippen LogP contribution in [0.1, 0.15) is 39.6 Å².